The summed E-state index contributed by atoms with van der Waals surface area (Å²) in [6.07, 6.45) is 12.0. The number of cyclic esters (lactones) is 1. The summed E-state index contributed by atoms with van der Waals surface area (Å²) in [5.41, 5.74) is 2.59. The predicted molar refractivity (Wildman–Crippen MR) is 97.8 cm³/mol. The van der Waals surface area contributed by atoms with Crippen molar-refractivity contribution >= 4 is 11.9 Å². The molecule has 0 bridgehead atoms. The van der Waals surface area contributed by atoms with Crippen LogP contribution in [0.3, 0.4) is 0 Å². The molecule has 136 valence electrons. The molecule has 1 aliphatic carbocycles. The van der Waals surface area contributed by atoms with Crippen LogP contribution in [0.2, 0.25) is 0 Å². The lowest BCUT2D eigenvalue weighted by Gasteiger charge is -2.36. The van der Waals surface area contributed by atoms with Gasteiger partial charge in [0.15, 0.2) is 0 Å². The quantitative estimate of drug-likeness (QED) is 0.714. The number of allylic oxidation sites excluding steroid dienone is 3. The average molecular weight is 344 g/mol. The maximum atomic E-state index is 11.9. The van der Waals surface area contributed by atoms with E-state index in [-0.39, 0.29) is 17.4 Å². The van der Waals surface area contributed by atoms with Gasteiger partial charge in [0.2, 0.25) is 0 Å². The molecular formula is C21H28O4. The number of rotatable bonds is 4. The topological polar surface area (TPSA) is 52.6 Å². The van der Waals surface area contributed by atoms with Crippen LogP contribution >= 0.6 is 0 Å². The summed E-state index contributed by atoms with van der Waals surface area (Å²) in [7, 11) is 1.39. The molecule has 0 amide bonds. The van der Waals surface area contributed by atoms with Gasteiger partial charge in [-0.3, -0.25) is 0 Å². The Hall–Kier alpha value is -2.10. The molecule has 0 radical (unpaired) electrons. The Labute approximate surface area is 150 Å². The lowest BCUT2D eigenvalue weighted by atomic mass is 9.69. The second-order valence-electron chi connectivity index (χ2n) is 7.31. The number of carbonyl (C=O) groups excluding carboxylic acids is 2. The number of esters is 2. The van der Waals surface area contributed by atoms with Gasteiger partial charge in [-0.1, -0.05) is 32.6 Å². The molecule has 0 N–H and O–H groups in total. The number of hydrogen-bond acceptors (Lipinski definition) is 4. The Morgan fingerprint density at radius 2 is 2.24 bits per heavy atom. The van der Waals surface area contributed by atoms with Gasteiger partial charge in [0.25, 0.3) is 0 Å². The van der Waals surface area contributed by atoms with Crippen molar-refractivity contribution in [2.24, 2.45) is 11.3 Å². The van der Waals surface area contributed by atoms with Gasteiger partial charge in [-0.05, 0) is 60.7 Å². The summed E-state index contributed by atoms with van der Waals surface area (Å²) in [6, 6.07) is 0. The standard InChI is InChI=1S/C21H28O4/c1-15-8-9-16(2)21(3,12-10-17-13-19(22)25-14-17)11-6-5-7-18(15)20(23)24-4/h5-7,13,16H,1,8-12,14H2,2-4H3/b6-5-,18-7+/t16-,21+/m1/s1. The number of carbonyl (C=O) groups is 2. The minimum atomic E-state index is -0.330. The maximum Gasteiger partial charge on any atom is 0.338 e. The van der Waals surface area contributed by atoms with Gasteiger partial charge in [0.05, 0.1) is 12.7 Å². The number of ether oxygens (including phenoxy) is 2. The highest BCUT2D eigenvalue weighted by atomic mass is 16.5. The van der Waals surface area contributed by atoms with Crippen LogP contribution in [-0.2, 0) is 19.1 Å². The van der Waals surface area contributed by atoms with Crippen molar-refractivity contribution in [3.05, 3.63) is 47.6 Å². The van der Waals surface area contributed by atoms with Crippen LogP contribution in [0.5, 0.6) is 0 Å². The van der Waals surface area contributed by atoms with E-state index >= 15 is 0 Å². The van der Waals surface area contributed by atoms with Crippen LogP contribution in [0.1, 0.15) is 46.0 Å². The summed E-state index contributed by atoms with van der Waals surface area (Å²) in [6.45, 7) is 9.06. The largest absolute Gasteiger partial charge is 0.465 e. The van der Waals surface area contributed by atoms with Crippen LogP contribution in [-0.4, -0.2) is 25.7 Å². The molecule has 25 heavy (non-hydrogen) atoms. The highest BCUT2D eigenvalue weighted by molar-refractivity contribution is 5.93. The molecule has 0 unspecified atom stereocenters. The highest BCUT2D eigenvalue weighted by Crippen LogP contribution is 2.41. The molecule has 4 heteroatoms. The van der Waals surface area contributed by atoms with Gasteiger partial charge in [0.1, 0.15) is 6.61 Å². The Bertz CT molecular complexity index is 638. The average Bonchev–Trinajstić information content (AvgIpc) is 3.01. The van der Waals surface area contributed by atoms with E-state index in [1.807, 2.05) is 6.08 Å². The fourth-order valence-electron chi connectivity index (χ4n) is 3.37. The molecule has 4 nitrogen and oxygen atoms in total. The Morgan fingerprint density at radius 3 is 2.88 bits per heavy atom. The molecule has 2 rings (SSSR count). The molecular weight excluding hydrogens is 316 g/mol. The first kappa shape index (κ1) is 19.2. The van der Waals surface area contributed by atoms with E-state index < -0.39 is 0 Å². The van der Waals surface area contributed by atoms with Gasteiger partial charge in [-0.25, -0.2) is 9.59 Å². The van der Waals surface area contributed by atoms with Crippen molar-refractivity contribution in [3.8, 4) is 0 Å². The molecule has 2 aliphatic rings. The highest BCUT2D eigenvalue weighted by Gasteiger charge is 2.31. The molecule has 2 atom stereocenters. The van der Waals surface area contributed by atoms with E-state index in [9.17, 15) is 9.59 Å². The molecule has 0 saturated heterocycles. The molecule has 1 heterocycles. The van der Waals surface area contributed by atoms with E-state index in [0.29, 0.717) is 18.1 Å². The normalized spacial score (nSPS) is 30.8. The summed E-state index contributed by atoms with van der Waals surface area (Å²) < 4.78 is 9.85. The predicted octanol–water partition coefficient (Wildman–Crippen LogP) is 4.29. The first-order valence-corrected chi connectivity index (χ1v) is 8.85. The van der Waals surface area contributed by atoms with Gasteiger partial charge in [-0.15, -0.1) is 0 Å². The van der Waals surface area contributed by atoms with Crippen LogP contribution < -0.4 is 0 Å². The number of methoxy groups -OCH3 is 1. The molecule has 0 spiro atoms. The summed E-state index contributed by atoms with van der Waals surface area (Å²) in [5.74, 6) is -0.0937. The second-order valence-corrected chi connectivity index (χ2v) is 7.31. The van der Waals surface area contributed by atoms with E-state index in [4.69, 9.17) is 9.47 Å². The third-order valence-electron chi connectivity index (χ3n) is 5.58. The third kappa shape index (κ3) is 4.94. The smallest absolute Gasteiger partial charge is 0.338 e. The van der Waals surface area contributed by atoms with Crippen molar-refractivity contribution in [3.63, 3.8) is 0 Å². The minimum absolute atomic E-state index is 0.125. The van der Waals surface area contributed by atoms with E-state index in [0.717, 1.165) is 43.3 Å². The third-order valence-corrected chi connectivity index (χ3v) is 5.58. The van der Waals surface area contributed by atoms with Crippen molar-refractivity contribution in [2.45, 2.75) is 46.0 Å². The van der Waals surface area contributed by atoms with Crippen molar-refractivity contribution in [1.82, 2.24) is 0 Å². The SMILES string of the molecule is C=C1CC[C@@H](C)[C@](C)(CCC2=CC(=O)OC2)C/C=C\C=C/1C(=O)OC. The van der Waals surface area contributed by atoms with E-state index in [1.165, 1.54) is 7.11 Å². The molecule has 0 aromatic rings. The zero-order valence-electron chi connectivity index (χ0n) is 15.5. The van der Waals surface area contributed by atoms with Crippen molar-refractivity contribution in [1.29, 1.82) is 0 Å². The van der Waals surface area contributed by atoms with Gasteiger partial charge >= 0.3 is 11.9 Å². The summed E-state index contributed by atoms with van der Waals surface area (Å²) in [4.78, 5) is 23.1. The van der Waals surface area contributed by atoms with Crippen LogP contribution in [0, 0.1) is 11.3 Å². The van der Waals surface area contributed by atoms with Crippen molar-refractivity contribution < 1.29 is 19.1 Å². The van der Waals surface area contributed by atoms with Crippen LogP contribution in [0.25, 0.3) is 0 Å². The van der Waals surface area contributed by atoms with Crippen LogP contribution in [0.15, 0.2) is 47.6 Å². The molecule has 1 aliphatic heterocycles. The zero-order valence-corrected chi connectivity index (χ0v) is 15.5. The Kier molecular flexibility index (Phi) is 6.40. The Balaban J connectivity index is 2.12. The summed E-state index contributed by atoms with van der Waals surface area (Å²) >= 11 is 0. The van der Waals surface area contributed by atoms with E-state index in [2.05, 4.69) is 26.5 Å². The zero-order chi connectivity index (χ0) is 18.4. The fourth-order valence-corrected chi connectivity index (χ4v) is 3.37. The minimum Gasteiger partial charge on any atom is -0.465 e. The van der Waals surface area contributed by atoms with Gasteiger partial charge < -0.3 is 9.47 Å². The fraction of sp³-hybridized carbons (Fsp3) is 0.524. The summed E-state index contributed by atoms with van der Waals surface area (Å²) in [5, 5.41) is 0. The lowest BCUT2D eigenvalue weighted by Crippen LogP contribution is -2.26. The van der Waals surface area contributed by atoms with Crippen molar-refractivity contribution in [2.75, 3.05) is 13.7 Å². The first-order valence-electron chi connectivity index (χ1n) is 8.85. The second kappa shape index (κ2) is 8.32. The van der Waals surface area contributed by atoms with Crippen LogP contribution in [0.4, 0.5) is 0 Å². The number of hydrogen-bond donors (Lipinski definition) is 0. The Morgan fingerprint density at radius 1 is 1.48 bits per heavy atom. The molecule has 0 aromatic carbocycles. The van der Waals surface area contributed by atoms with Gasteiger partial charge in [0, 0.05) is 6.08 Å². The van der Waals surface area contributed by atoms with Gasteiger partial charge in [-0.2, -0.15) is 0 Å². The molecule has 0 aromatic heterocycles. The van der Waals surface area contributed by atoms with E-state index in [1.54, 1.807) is 12.2 Å². The first-order chi connectivity index (χ1) is 11.9. The monoisotopic (exact) mass is 344 g/mol. The molecule has 0 saturated carbocycles. The lowest BCUT2D eigenvalue weighted by molar-refractivity contribution is -0.136. The maximum absolute atomic E-state index is 11.9. The molecule has 0 fully saturated rings.